The van der Waals surface area contributed by atoms with Gasteiger partial charge in [-0.15, -0.1) is 11.3 Å². The zero-order valence-corrected chi connectivity index (χ0v) is 18.0. The highest BCUT2D eigenvalue weighted by Crippen LogP contribution is 2.34. The molecule has 4 rings (SSSR count). The van der Waals surface area contributed by atoms with Gasteiger partial charge in [0.2, 0.25) is 0 Å². The number of benzene rings is 1. The van der Waals surface area contributed by atoms with Crippen molar-refractivity contribution in [1.82, 2.24) is 15.0 Å². The number of aryl methyl sites for hydroxylation is 2. The van der Waals surface area contributed by atoms with Gasteiger partial charge in [0.15, 0.2) is 5.13 Å². The van der Waals surface area contributed by atoms with Gasteiger partial charge in [-0.05, 0) is 50.6 Å². The molecule has 0 spiro atoms. The van der Waals surface area contributed by atoms with Gasteiger partial charge in [-0.3, -0.25) is 14.7 Å². The molecule has 0 aliphatic carbocycles. The fraction of sp³-hybridized carbons (Fsp3) is 0.238. The number of thiazole rings is 2. The SMILES string of the molecule is CCOc1ccc2nc(N(Cc3cccnc3)C(=O)c3sc(C)nc3C)sc2c1. The highest BCUT2D eigenvalue weighted by atomic mass is 32.1. The van der Waals surface area contributed by atoms with Crippen molar-refractivity contribution in [2.45, 2.75) is 27.3 Å². The molecule has 0 saturated heterocycles. The number of ether oxygens (including phenoxy) is 1. The molecule has 0 atom stereocenters. The van der Waals surface area contributed by atoms with Gasteiger partial charge < -0.3 is 4.74 Å². The van der Waals surface area contributed by atoms with Crippen LogP contribution in [-0.2, 0) is 6.54 Å². The number of pyridine rings is 1. The predicted molar refractivity (Wildman–Crippen MR) is 117 cm³/mol. The maximum absolute atomic E-state index is 13.4. The molecular formula is C21H20N4O2S2. The Bertz CT molecular complexity index is 1150. The molecule has 0 bridgehead atoms. The van der Waals surface area contributed by atoms with E-state index in [2.05, 4.69) is 9.97 Å². The molecule has 0 unspecified atom stereocenters. The predicted octanol–water partition coefficient (Wildman–Crippen LogP) is 5.01. The number of amides is 1. The Balaban J connectivity index is 1.76. The number of rotatable bonds is 6. The summed E-state index contributed by atoms with van der Waals surface area (Å²) in [5.74, 6) is 0.704. The molecule has 0 aliphatic rings. The third-order valence-corrected chi connectivity index (χ3v) is 6.40. The highest BCUT2D eigenvalue weighted by molar-refractivity contribution is 7.22. The third kappa shape index (κ3) is 4.13. The van der Waals surface area contributed by atoms with Crippen molar-refractivity contribution < 1.29 is 9.53 Å². The van der Waals surface area contributed by atoms with Gasteiger partial charge in [0.1, 0.15) is 10.6 Å². The Labute approximate surface area is 176 Å². The monoisotopic (exact) mass is 424 g/mol. The largest absolute Gasteiger partial charge is 0.494 e. The lowest BCUT2D eigenvalue weighted by Crippen LogP contribution is -2.30. The minimum atomic E-state index is -0.0963. The highest BCUT2D eigenvalue weighted by Gasteiger charge is 2.25. The van der Waals surface area contributed by atoms with Crippen molar-refractivity contribution in [2.75, 3.05) is 11.5 Å². The van der Waals surface area contributed by atoms with Crippen LogP contribution in [-0.4, -0.2) is 27.5 Å². The number of hydrogen-bond donors (Lipinski definition) is 0. The number of fused-ring (bicyclic) bond motifs is 1. The summed E-state index contributed by atoms with van der Waals surface area (Å²) in [5.41, 5.74) is 2.53. The molecule has 1 amide bonds. The van der Waals surface area contributed by atoms with E-state index in [1.165, 1.54) is 22.7 Å². The zero-order valence-electron chi connectivity index (χ0n) is 16.4. The second-order valence-electron chi connectivity index (χ2n) is 6.46. The van der Waals surface area contributed by atoms with E-state index >= 15 is 0 Å². The average molecular weight is 425 g/mol. The smallest absolute Gasteiger partial charge is 0.272 e. The van der Waals surface area contributed by atoms with E-state index in [9.17, 15) is 4.79 Å². The molecule has 0 aliphatic heterocycles. The molecule has 4 aromatic rings. The minimum Gasteiger partial charge on any atom is -0.494 e. The van der Waals surface area contributed by atoms with E-state index in [4.69, 9.17) is 9.72 Å². The van der Waals surface area contributed by atoms with E-state index in [0.29, 0.717) is 23.2 Å². The Kier molecular flexibility index (Phi) is 5.55. The summed E-state index contributed by atoms with van der Waals surface area (Å²) in [5, 5.41) is 1.52. The number of nitrogens with zero attached hydrogens (tertiary/aromatic N) is 4. The summed E-state index contributed by atoms with van der Waals surface area (Å²) < 4.78 is 6.58. The van der Waals surface area contributed by atoms with Crippen LogP contribution in [0.1, 0.15) is 32.9 Å². The maximum Gasteiger partial charge on any atom is 0.272 e. The zero-order chi connectivity index (χ0) is 20.4. The van der Waals surface area contributed by atoms with Crippen LogP contribution in [0.3, 0.4) is 0 Å². The molecule has 29 heavy (non-hydrogen) atoms. The fourth-order valence-electron chi connectivity index (χ4n) is 3.02. The quantitative estimate of drug-likeness (QED) is 0.435. The van der Waals surface area contributed by atoms with Crippen molar-refractivity contribution in [3.8, 4) is 5.75 Å². The Morgan fingerprint density at radius 2 is 2.03 bits per heavy atom. The van der Waals surface area contributed by atoms with Crippen LogP contribution >= 0.6 is 22.7 Å². The van der Waals surface area contributed by atoms with Crippen molar-refractivity contribution >= 4 is 43.9 Å². The molecule has 3 aromatic heterocycles. The van der Waals surface area contributed by atoms with Gasteiger partial charge in [-0.25, -0.2) is 9.97 Å². The van der Waals surface area contributed by atoms with Crippen LogP contribution in [0.25, 0.3) is 10.2 Å². The lowest BCUT2D eigenvalue weighted by molar-refractivity contribution is 0.0988. The van der Waals surface area contributed by atoms with Crippen LogP contribution < -0.4 is 9.64 Å². The van der Waals surface area contributed by atoms with Gasteiger partial charge in [0.25, 0.3) is 5.91 Å². The molecule has 0 fully saturated rings. The number of anilines is 1. The number of carbonyl (C=O) groups is 1. The fourth-order valence-corrected chi connectivity index (χ4v) is 4.88. The molecule has 0 saturated carbocycles. The van der Waals surface area contributed by atoms with Gasteiger partial charge >= 0.3 is 0 Å². The summed E-state index contributed by atoms with van der Waals surface area (Å²) in [7, 11) is 0. The van der Waals surface area contributed by atoms with Crippen LogP contribution in [0.4, 0.5) is 5.13 Å². The first-order valence-corrected chi connectivity index (χ1v) is 10.9. The van der Waals surface area contributed by atoms with Gasteiger partial charge in [-0.2, -0.15) is 0 Å². The Hall–Kier alpha value is -2.84. The van der Waals surface area contributed by atoms with Gasteiger partial charge in [0, 0.05) is 12.4 Å². The third-order valence-electron chi connectivity index (χ3n) is 4.30. The molecule has 3 heterocycles. The Morgan fingerprint density at radius 3 is 2.72 bits per heavy atom. The first-order valence-electron chi connectivity index (χ1n) is 9.23. The number of hydrogen-bond acceptors (Lipinski definition) is 7. The summed E-state index contributed by atoms with van der Waals surface area (Å²) in [6.45, 7) is 6.72. The molecule has 1 aromatic carbocycles. The average Bonchev–Trinajstić information content (AvgIpc) is 3.28. The Morgan fingerprint density at radius 1 is 1.17 bits per heavy atom. The lowest BCUT2D eigenvalue weighted by Gasteiger charge is -2.19. The molecule has 0 N–H and O–H groups in total. The molecule has 8 heteroatoms. The second kappa shape index (κ2) is 8.26. The lowest BCUT2D eigenvalue weighted by atomic mass is 10.2. The summed E-state index contributed by atoms with van der Waals surface area (Å²) in [4.78, 5) is 29.1. The van der Waals surface area contributed by atoms with Gasteiger partial charge in [-0.1, -0.05) is 17.4 Å². The molecular weight excluding hydrogens is 404 g/mol. The molecule has 148 valence electrons. The van der Waals surface area contributed by atoms with Crippen LogP contribution in [0.5, 0.6) is 5.75 Å². The first-order chi connectivity index (χ1) is 14.0. The van der Waals surface area contributed by atoms with Crippen molar-refractivity contribution in [2.24, 2.45) is 0 Å². The normalized spacial score (nSPS) is 11.0. The standard InChI is InChI=1S/C21H20N4O2S2/c1-4-27-16-7-8-17-18(10-16)29-21(24-17)25(12-15-6-5-9-22-11-15)20(26)19-13(2)23-14(3)28-19/h5-11H,4,12H2,1-3H3. The minimum absolute atomic E-state index is 0.0963. The topological polar surface area (TPSA) is 68.2 Å². The van der Waals surface area contributed by atoms with Crippen LogP contribution in [0.2, 0.25) is 0 Å². The van der Waals surface area contributed by atoms with E-state index in [0.717, 1.165) is 32.2 Å². The van der Waals surface area contributed by atoms with Crippen LogP contribution in [0, 0.1) is 13.8 Å². The molecule has 6 nitrogen and oxygen atoms in total. The van der Waals surface area contributed by atoms with Crippen molar-refractivity contribution in [3.05, 3.63) is 63.9 Å². The van der Waals surface area contributed by atoms with Crippen molar-refractivity contribution in [1.29, 1.82) is 0 Å². The maximum atomic E-state index is 13.4. The second-order valence-corrected chi connectivity index (χ2v) is 8.67. The number of carbonyl (C=O) groups excluding carboxylic acids is 1. The van der Waals surface area contributed by atoms with E-state index in [1.807, 2.05) is 51.1 Å². The van der Waals surface area contributed by atoms with E-state index in [-0.39, 0.29) is 5.91 Å². The van der Waals surface area contributed by atoms with Crippen molar-refractivity contribution in [3.63, 3.8) is 0 Å². The summed E-state index contributed by atoms with van der Waals surface area (Å²) >= 11 is 2.89. The summed E-state index contributed by atoms with van der Waals surface area (Å²) in [6, 6.07) is 9.62. The number of aromatic nitrogens is 3. The van der Waals surface area contributed by atoms with Gasteiger partial charge in [0.05, 0.1) is 34.1 Å². The van der Waals surface area contributed by atoms with Crippen LogP contribution in [0.15, 0.2) is 42.7 Å². The van der Waals surface area contributed by atoms with E-state index in [1.54, 1.807) is 17.3 Å². The first kappa shape index (κ1) is 19.5. The summed E-state index contributed by atoms with van der Waals surface area (Å²) in [6.07, 6.45) is 3.49. The van der Waals surface area contributed by atoms with E-state index < -0.39 is 0 Å². The molecule has 0 radical (unpaired) electrons.